The lowest BCUT2D eigenvalue weighted by Crippen LogP contribution is -2.13. The molecule has 4 nitrogen and oxygen atoms in total. The summed E-state index contributed by atoms with van der Waals surface area (Å²) in [6.45, 7) is 0.338. The van der Waals surface area contributed by atoms with Gasteiger partial charge in [0.15, 0.2) is 0 Å². The molecule has 0 fully saturated rings. The van der Waals surface area contributed by atoms with E-state index in [0.717, 1.165) is 10.0 Å². The highest BCUT2D eigenvalue weighted by molar-refractivity contribution is 9.10. The second-order valence-corrected chi connectivity index (χ2v) is 7.97. The van der Waals surface area contributed by atoms with Gasteiger partial charge in [0.25, 0.3) is 5.91 Å². The van der Waals surface area contributed by atoms with Crippen molar-refractivity contribution in [2.75, 3.05) is 5.32 Å². The van der Waals surface area contributed by atoms with Gasteiger partial charge in [-0.2, -0.15) is 5.26 Å². The highest BCUT2D eigenvalue weighted by Gasteiger charge is 2.10. The van der Waals surface area contributed by atoms with Crippen molar-refractivity contribution in [3.63, 3.8) is 0 Å². The predicted octanol–water partition coefficient (Wildman–Crippen LogP) is 6.88. The number of nitrogens with zero attached hydrogens (tertiary/aromatic N) is 1. The first-order valence-electron chi connectivity index (χ1n) is 8.80. The number of nitrogens with one attached hydrogen (secondary N) is 1. The highest BCUT2D eigenvalue weighted by Crippen LogP contribution is 2.24. The number of halogens is 3. The average molecular weight is 502 g/mol. The van der Waals surface area contributed by atoms with E-state index in [4.69, 9.17) is 27.9 Å². The van der Waals surface area contributed by atoms with E-state index >= 15 is 0 Å². The third-order valence-corrected chi connectivity index (χ3v) is 5.26. The summed E-state index contributed by atoms with van der Waals surface area (Å²) in [7, 11) is 0. The molecule has 0 bridgehead atoms. The number of amides is 1. The van der Waals surface area contributed by atoms with Crippen molar-refractivity contribution in [1.29, 1.82) is 5.26 Å². The van der Waals surface area contributed by atoms with Gasteiger partial charge in [-0.3, -0.25) is 4.79 Å². The molecule has 0 heterocycles. The van der Waals surface area contributed by atoms with Crippen molar-refractivity contribution < 1.29 is 9.53 Å². The lowest BCUT2D eigenvalue weighted by molar-refractivity contribution is -0.112. The SMILES string of the molecule is N#C/C(=C/c1ccc(OCc2ccc(Cl)c(Cl)c2)cc1)C(=O)Nc1cccc(Br)c1. The Morgan fingerprint density at radius 1 is 1.07 bits per heavy atom. The molecule has 3 rings (SSSR count). The third-order valence-electron chi connectivity index (χ3n) is 4.03. The van der Waals surface area contributed by atoms with Crippen molar-refractivity contribution in [3.05, 3.63) is 97.9 Å². The van der Waals surface area contributed by atoms with Gasteiger partial charge in [-0.25, -0.2) is 0 Å². The number of anilines is 1. The molecule has 0 saturated carbocycles. The van der Waals surface area contributed by atoms with Gasteiger partial charge in [-0.15, -0.1) is 0 Å². The molecular weight excluding hydrogens is 487 g/mol. The van der Waals surface area contributed by atoms with E-state index in [0.29, 0.717) is 33.7 Å². The third kappa shape index (κ3) is 6.11. The molecule has 0 saturated heterocycles. The second kappa shape index (κ2) is 10.3. The maximum absolute atomic E-state index is 12.4. The van der Waals surface area contributed by atoms with Crippen LogP contribution in [0.4, 0.5) is 5.69 Å². The van der Waals surface area contributed by atoms with Gasteiger partial charge >= 0.3 is 0 Å². The van der Waals surface area contributed by atoms with Crippen LogP contribution in [0.5, 0.6) is 5.75 Å². The smallest absolute Gasteiger partial charge is 0.266 e. The number of carbonyl (C=O) groups excluding carboxylic acids is 1. The van der Waals surface area contributed by atoms with Crippen LogP contribution in [0.25, 0.3) is 6.08 Å². The van der Waals surface area contributed by atoms with E-state index < -0.39 is 5.91 Å². The Morgan fingerprint density at radius 2 is 1.83 bits per heavy atom. The van der Waals surface area contributed by atoms with E-state index in [1.807, 2.05) is 18.2 Å². The van der Waals surface area contributed by atoms with Crippen molar-refractivity contribution in [2.45, 2.75) is 6.61 Å². The molecule has 0 aliphatic carbocycles. The van der Waals surface area contributed by atoms with Crippen LogP contribution >= 0.6 is 39.1 Å². The first-order chi connectivity index (χ1) is 14.4. The maximum Gasteiger partial charge on any atom is 0.266 e. The molecule has 30 heavy (non-hydrogen) atoms. The summed E-state index contributed by atoms with van der Waals surface area (Å²) >= 11 is 15.3. The lowest BCUT2D eigenvalue weighted by Gasteiger charge is -2.08. The minimum absolute atomic E-state index is 0.000509. The van der Waals surface area contributed by atoms with Gasteiger partial charge in [0, 0.05) is 10.2 Å². The quantitative estimate of drug-likeness (QED) is 0.295. The Hall–Kier alpha value is -2.78. The van der Waals surface area contributed by atoms with Crippen LogP contribution in [0.2, 0.25) is 10.0 Å². The van der Waals surface area contributed by atoms with Gasteiger partial charge in [0.05, 0.1) is 10.0 Å². The summed E-state index contributed by atoms with van der Waals surface area (Å²) in [5.74, 6) is 0.172. The summed E-state index contributed by atoms with van der Waals surface area (Å²) in [4.78, 5) is 12.4. The molecule has 7 heteroatoms. The van der Waals surface area contributed by atoms with Crippen LogP contribution < -0.4 is 10.1 Å². The summed E-state index contributed by atoms with van der Waals surface area (Å²) < 4.78 is 6.57. The molecule has 0 atom stereocenters. The molecular formula is C23H15BrCl2N2O2. The summed E-state index contributed by atoms with van der Waals surface area (Å²) in [5.41, 5.74) is 2.20. The topological polar surface area (TPSA) is 62.1 Å². The Balaban J connectivity index is 1.65. The Labute approximate surface area is 192 Å². The number of rotatable bonds is 6. The molecule has 1 amide bonds. The van der Waals surface area contributed by atoms with E-state index in [2.05, 4.69) is 21.2 Å². The van der Waals surface area contributed by atoms with Crippen molar-refractivity contribution in [2.24, 2.45) is 0 Å². The van der Waals surface area contributed by atoms with Crippen molar-refractivity contribution in [3.8, 4) is 11.8 Å². The second-order valence-electron chi connectivity index (χ2n) is 6.24. The van der Waals surface area contributed by atoms with Crippen LogP contribution in [0.3, 0.4) is 0 Å². The molecule has 0 aliphatic heterocycles. The highest BCUT2D eigenvalue weighted by atomic mass is 79.9. The van der Waals surface area contributed by atoms with Crippen LogP contribution in [-0.2, 0) is 11.4 Å². The van der Waals surface area contributed by atoms with Crippen LogP contribution in [-0.4, -0.2) is 5.91 Å². The van der Waals surface area contributed by atoms with E-state index in [9.17, 15) is 10.1 Å². The molecule has 0 spiro atoms. The van der Waals surface area contributed by atoms with Crippen LogP contribution in [0.1, 0.15) is 11.1 Å². The first-order valence-corrected chi connectivity index (χ1v) is 10.3. The van der Waals surface area contributed by atoms with Gasteiger partial charge < -0.3 is 10.1 Å². The zero-order valence-electron chi connectivity index (χ0n) is 15.5. The Kier molecular flexibility index (Phi) is 7.53. The number of carbonyl (C=O) groups is 1. The summed E-state index contributed by atoms with van der Waals surface area (Å²) in [6, 6.07) is 21.5. The minimum Gasteiger partial charge on any atom is -0.489 e. The fraction of sp³-hybridized carbons (Fsp3) is 0.0435. The first kappa shape index (κ1) is 21.9. The van der Waals surface area contributed by atoms with E-state index in [-0.39, 0.29) is 5.57 Å². The zero-order chi connectivity index (χ0) is 21.5. The van der Waals surface area contributed by atoms with Crippen LogP contribution in [0.15, 0.2) is 76.8 Å². The Bertz CT molecular complexity index is 1140. The zero-order valence-corrected chi connectivity index (χ0v) is 18.6. The largest absolute Gasteiger partial charge is 0.489 e. The molecule has 3 aromatic rings. The standard InChI is InChI=1S/C23H15BrCl2N2O2/c24-18-2-1-3-19(12-18)28-23(29)17(13-27)10-15-4-7-20(8-5-15)30-14-16-6-9-21(25)22(26)11-16/h1-12H,14H2,(H,28,29)/b17-10-. The lowest BCUT2D eigenvalue weighted by atomic mass is 10.1. The number of hydrogen-bond donors (Lipinski definition) is 1. The number of nitriles is 1. The monoisotopic (exact) mass is 500 g/mol. The fourth-order valence-electron chi connectivity index (χ4n) is 2.54. The van der Waals surface area contributed by atoms with Gasteiger partial charge in [0.2, 0.25) is 0 Å². The molecule has 3 aromatic carbocycles. The molecule has 0 radical (unpaired) electrons. The van der Waals surface area contributed by atoms with Crippen LogP contribution in [0, 0.1) is 11.3 Å². The number of ether oxygens (including phenoxy) is 1. The molecule has 1 N–H and O–H groups in total. The summed E-state index contributed by atoms with van der Waals surface area (Å²) in [6.07, 6.45) is 1.52. The molecule has 0 unspecified atom stereocenters. The minimum atomic E-state index is -0.476. The Morgan fingerprint density at radius 3 is 2.50 bits per heavy atom. The van der Waals surface area contributed by atoms with Gasteiger partial charge in [0.1, 0.15) is 24.0 Å². The van der Waals surface area contributed by atoms with E-state index in [1.54, 1.807) is 54.6 Å². The van der Waals surface area contributed by atoms with Gasteiger partial charge in [-0.05, 0) is 59.7 Å². The summed E-state index contributed by atoms with van der Waals surface area (Å²) in [5, 5.41) is 13.0. The number of benzene rings is 3. The van der Waals surface area contributed by atoms with E-state index in [1.165, 1.54) is 6.08 Å². The van der Waals surface area contributed by atoms with Gasteiger partial charge in [-0.1, -0.05) is 63.4 Å². The molecule has 150 valence electrons. The fourth-order valence-corrected chi connectivity index (χ4v) is 3.26. The normalized spacial score (nSPS) is 10.9. The van der Waals surface area contributed by atoms with Crippen molar-refractivity contribution in [1.82, 2.24) is 0 Å². The average Bonchev–Trinajstić information content (AvgIpc) is 2.73. The van der Waals surface area contributed by atoms with Crippen molar-refractivity contribution >= 4 is 56.8 Å². The number of hydrogen-bond acceptors (Lipinski definition) is 3. The maximum atomic E-state index is 12.4. The predicted molar refractivity (Wildman–Crippen MR) is 124 cm³/mol. The molecule has 0 aromatic heterocycles. The molecule has 0 aliphatic rings.